The maximum absolute atomic E-state index is 12.2. The van der Waals surface area contributed by atoms with E-state index in [1.807, 2.05) is 53.2 Å². The molecule has 0 bridgehead atoms. The number of nitrogens with zero attached hydrogens (tertiary/aromatic N) is 2. The molecule has 0 saturated heterocycles. The van der Waals surface area contributed by atoms with Crippen LogP contribution in [0.1, 0.15) is 12.6 Å². The second kappa shape index (κ2) is 7.61. The van der Waals surface area contributed by atoms with Crippen molar-refractivity contribution in [2.75, 3.05) is 11.9 Å². The van der Waals surface area contributed by atoms with Crippen molar-refractivity contribution in [3.63, 3.8) is 0 Å². The molecule has 0 spiro atoms. The van der Waals surface area contributed by atoms with Gasteiger partial charge in [0.15, 0.2) is 0 Å². The Morgan fingerprint density at radius 3 is 2.76 bits per heavy atom. The van der Waals surface area contributed by atoms with E-state index < -0.39 is 0 Å². The molecule has 25 heavy (non-hydrogen) atoms. The molecule has 1 aromatic carbocycles. The van der Waals surface area contributed by atoms with Crippen molar-refractivity contribution in [2.45, 2.75) is 19.9 Å². The third-order valence-corrected chi connectivity index (χ3v) is 3.87. The summed E-state index contributed by atoms with van der Waals surface area (Å²) in [5, 5.41) is 6.63. The molecule has 2 N–H and O–H groups in total. The van der Waals surface area contributed by atoms with Crippen LogP contribution in [0, 0.1) is 0 Å². The molecule has 0 aliphatic heterocycles. The van der Waals surface area contributed by atoms with Crippen LogP contribution in [0.5, 0.6) is 0 Å². The van der Waals surface area contributed by atoms with Crippen LogP contribution in [0.4, 0.5) is 5.69 Å². The van der Waals surface area contributed by atoms with E-state index in [0.29, 0.717) is 13.0 Å². The smallest absolute Gasteiger partial charge is 0.239 e. The minimum Gasteiger partial charge on any atom is -0.354 e. The van der Waals surface area contributed by atoms with Gasteiger partial charge in [-0.15, -0.1) is 0 Å². The highest BCUT2D eigenvalue weighted by Crippen LogP contribution is 2.24. The van der Waals surface area contributed by atoms with Crippen molar-refractivity contribution >= 4 is 28.4 Å². The van der Waals surface area contributed by atoms with E-state index in [1.165, 1.54) is 6.92 Å². The number of fused-ring (bicyclic) bond motifs is 1. The first-order valence-corrected chi connectivity index (χ1v) is 8.15. The maximum atomic E-state index is 12.2. The number of aromatic nitrogens is 2. The number of nitrogens with one attached hydrogen (secondary N) is 2. The molecule has 0 unspecified atom stereocenters. The topological polar surface area (TPSA) is 76.0 Å². The van der Waals surface area contributed by atoms with E-state index in [9.17, 15) is 9.59 Å². The Labute approximate surface area is 145 Å². The third kappa shape index (κ3) is 4.23. The lowest BCUT2D eigenvalue weighted by Gasteiger charge is -2.08. The first-order chi connectivity index (χ1) is 12.1. The Morgan fingerprint density at radius 2 is 2.00 bits per heavy atom. The van der Waals surface area contributed by atoms with Crippen molar-refractivity contribution < 1.29 is 9.59 Å². The van der Waals surface area contributed by atoms with Crippen LogP contribution in [-0.4, -0.2) is 27.9 Å². The number of carbonyl (C=O) groups is 2. The molecule has 2 heterocycles. The molecule has 0 atom stereocenters. The molecule has 0 fully saturated rings. The van der Waals surface area contributed by atoms with Gasteiger partial charge in [-0.2, -0.15) is 0 Å². The number of hydrogen-bond acceptors (Lipinski definition) is 3. The van der Waals surface area contributed by atoms with Crippen LogP contribution < -0.4 is 10.6 Å². The highest BCUT2D eigenvalue weighted by Gasteiger charge is 2.09. The van der Waals surface area contributed by atoms with E-state index in [4.69, 9.17) is 0 Å². The van der Waals surface area contributed by atoms with Gasteiger partial charge in [-0.25, -0.2) is 0 Å². The van der Waals surface area contributed by atoms with Crippen LogP contribution in [0.3, 0.4) is 0 Å². The van der Waals surface area contributed by atoms with Gasteiger partial charge < -0.3 is 15.2 Å². The average molecular weight is 336 g/mol. The van der Waals surface area contributed by atoms with E-state index in [0.717, 1.165) is 22.3 Å². The highest BCUT2D eigenvalue weighted by atomic mass is 16.2. The lowest BCUT2D eigenvalue weighted by molar-refractivity contribution is -0.121. The van der Waals surface area contributed by atoms with E-state index in [1.54, 1.807) is 6.20 Å². The zero-order valence-electron chi connectivity index (χ0n) is 14.0. The summed E-state index contributed by atoms with van der Waals surface area (Å²) in [6.45, 7) is 2.26. The molecule has 128 valence electrons. The van der Waals surface area contributed by atoms with Crippen molar-refractivity contribution in [1.82, 2.24) is 14.9 Å². The summed E-state index contributed by atoms with van der Waals surface area (Å²) < 4.78 is 1.87. The molecule has 3 aromatic rings. The SMILES string of the molecule is CC(=O)Nc1cccc2c1ccn2CC(=O)NCCc1ccccn1. The van der Waals surface area contributed by atoms with Crippen LogP contribution in [0.15, 0.2) is 54.9 Å². The lowest BCUT2D eigenvalue weighted by atomic mass is 10.2. The number of hydrogen-bond donors (Lipinski definition) is 2. The summed E-state index contributed by atoms with van der Waals surface area (Å²) in [7, 11) is 0. The zero-order valence-corrected chi connectivity index (χ0v) is 14.0. The van der Waals surface area contributed by atoms with Gasteiger partial charge >= 0.3 is 0 Å². The van der Waals surface area contributed by atoms with Crippen molar-refractivity contribution in [2.24, 2.45) is 0 Å². The molecule has 2 amide bonds. The van der Waals surface area contributed by atoms with Gasteiger partial charge in [-0.1, -0.05) is 12.1 Å². The minimum atomic E-state index is -0.118. The number of carbonyl (C=O) groups excluding carboxylic acids is 2. The molecule has 3 rings (SSSR count). The number of anilines is 1. The quantitative estimate of drug-likeness (QED) is 0.725. The molecule has 6 heteroatoms. The summed E-state index contributed by atoms with van der Waals surface area (Å²) in [5.41, 5.74) is 2.61. The van der Waals surface area contributed by atoms with Gasteiger partial charge in [0.05, 0.1) is 11.2 Å². The highest BCUT2D eigenvalue weighted by molar-refractivity contribution is 6.01. The van der Waals surface area contributed by atoms with Crippen LogP contribution >= 0.6 is 0 Å². The lowest BCUT2D eigenvalue weighted by Crippen LogP contribution is -2.29. The summed E-state index contributed by atoms with van der Waals surface area (Å²) >= 11 is 0. The first-order valence-electron chi connectivity index (χ1n) is 8.15. The van der Waals surface area contributed by atoms with Crippen molar-refractivity contribution in [3.05, 3.63) is 60.6 Å². The van der Waals surface area contributed by atoms with Crippen LogP contribution in [-0.2, 0) is 22.6 Å². The number of amides is 2. The predicted octanol–water partition coefficient (Wildman–Crippen LogP) is 2.35. The van der Waals surface area contributed by atoms with Gasteiger partial charge in [0.1, 0.15) is 6.54 Å². The van der Waals surface area contributed by atoms with E-state index in [2.05, 4.69) is 15.6 Å². The largest absolute Gasteiger partial charge is 0.354 e. The van der Waals surface area contributed by atoms with Crippen molar-refractivity contribution in [1.29, 1.82) is 0 Å². The molecule has 2 aromatic heterocycles. The Balaban J connectivity index is 1.62. The molecular weight excluding hydrogens is 316 g/mol. The molecular formula is C19H20N4O2. The average Bonchev–Trinajstić information content (AvgIpc) is 2.99. The normalized spacial score (nSPS) is 10.6. The van der Waals surface area contributed by atoms with Gasteiger partial charge in [-0.3, -0.25) is 14.6 Å². The fourth-order valence-electron chi connectivity index (χ4n) is 2.75. The minimum absolute atomic E-state index is 0.0571. The third-order valence-electron chi connectivity index (χ3n) is 3.87. The molecule has 0 aliphatic carbocycles. The summed E-state index contributed by atoms with van der Waals surface area (Å²) in [6, 6.07) is 13.3. The fourth-order valence-corrected chi connectivity index (χ4v) is 2.75. The van der Waals surface area contributed by atoms with E-state index >= 15 is 0 Å². The molecule has 6 nitrogen and oxygen atoms in total. The first kappa shape index (κ1) is 16.7. The maximum Gasteiger partial charge on any atom is 0.239 e. The number of benzene rings is 1. The molecule has 0 aliphatic rings. The van der Waals surface area contributed by atoms with Gasteiger partial charge in [0.25, 0.3) is 0 Å². The fraction of sp³-hybridized carbons (Fsp3) is 0.211. The monoisotopic (exact) mass is 336 g/mol. The Bertz CT molecular complexity index is 887. The summed E-state index contributed by atoms with van der Waals surface area (Å²) in [4.78, 5) is 27.7. The standard InChI is InChI=1S/C19H20N4O2/c1-14(24)22-17-6-4-7-18-16(17)9-12-23(18)13-19(25)21-11-8-15-5-2-3-10-20-15/h2-7,9-10,12H,8,11,13H2,1H3,(H,21,25)(H,22,24). The Hall–Kier alpha value is -3.15. The van der Waals surface area contributed by atoms with E-state index in [-0.39, 0.29) is 18.4 Å². The second-order valence-electron chi connectivity index (χ2n) is 5.78. The van der Waals surface area contributed by atoms with Gasteiger partial charge in [0.2, 0.25) is 11.8 Å². The molecule has 0 radical (unpaired) electrons. The van der Waals surface area contributed by atoms with Gasteiger partial charge in [0, 0.05) is 43.4 Å². The number of pyridine rings is 1. The molecule has 0 saturated carbocycles. The second-order valence-corrected chi connectivity index (χ2v) is 5.78. The zero-order chi connectivity index (χ0) is 17.6. The van der Waals surface area contributed by atoms with Crippen LogP contribution in [0.25, 0.3) is 10.9 Å². The summed E-state index contributed by atoms with van der Waals surface area (Å²) in [5.74, 6) is -0.175. The predicted molar refractivity (Wildman–Crippen MR) is 97.2 cm³/mol. The number of rotatable bonds is 6. The Kier molecular flexibility index (Phi) is 5.09. The van der Waals surface area contributed by atoms with Gasteiger partial charge in [-0.05, 0) is 30.3 Å². The summed E-state index contributed by atoms with van der Waals surface area (Å²) in [6.07, 6.45) is 4.30. The Morgan fingerprint density at radius 1 is 1.12 bits per heavy atom. The van der Waals surface area contributed by atoms with Crippen LogP contribution in [0.2, 0.25) is 0 Å². The van der Waals surface area contributed by atoms with Crippen molar-refractivity contribution in [3.8, 4) is 0 Å².